The minimum absolute atomic E-state index is 0. The number of aliphatic hydroxyl groups excluding tert-OH is 1. The van der Waals surface area contributed by atoms with Crippen LogP contribution in [0.3, 0.4) is 0 Å². The molecular formula is C39H43BrNO4P. The molecule has 5 nitrogen and oxygen atoms in total. The predicted molar refractivity (Wildman–Crippen MR) is 196 cm³/mol. The molecule has 4 atom stereocenters. The van der Waals surface area contributed by atoms with Crippen LogP contribution in [-0.2, 0) is 15.1 Å². The molecule has 0 aromatic heterocycles. The Morgan fingerprint density at radius 1 is 0.717 bits per heavy atom. The number of methoxy groups -OCH3 is 2. The van der Waals surface area contributed by atoms with E-state index in [4.69, 9.17) is 9.47 Å². The first kappa shape index (κ1) is 36.7. The van der Waals surface area contributed by atoms with Crippen molar-refractivity contribution in [2.45, 2.75) is 36.9 Å². The number of nitrogens with one attached hydrogen (secondary N) is 1. The van der Waals surface area contributed by atoms with Crippen LogP contribution in [0.4, 0.5) is 0 Å². The smallest absolute Gasteiger partial charge is 0.325 e. The van der Waals surface area contributed by atoms with Crippen molar-refractivity contribution in [1.29, 1.82) is 0 Å². The van der Waals surface area contributed by atoms with Gasteiger partial charge >= 0.3 is 5.97 Å². The molecule has 5 aromatic rings. The van der Waals surface area contributed by atoms with E-state index in [0.29, 0.717) is 0 Å². The van der Waals surface area contributed by atoms with Gasteiger partial charge in [0.2, 0.25) is 0 Å². The molecular weight excluding hydrogens is 657 g/mol. The Hall–Kier alpha value is -3.80. The molecule has 0 saturated heterocycles. The average Bonchev–Trinajstić information content (AvgIpc) is 3.10. The summed E-state index contributed by atoms with van der Waals surface area (Å²) in [7, 11) is 5.70. The molecule has 0 radical (unpaired) electrons. The van der Waals surface area contributed by atoms with Crippen LogP contribution in [0.2, 0.25) is 0 Å². The fraction of sp³-hybridized carbons (Fsp3) is 0.205. The lowest BCUT2D eigenvalue weighted by atomic mass is 9.76. The Kier molecular flexibility index (Phi) is 14.2. The summed E-state index contributed by atoms with van der Waals surface area (Å²) >= 11 is 3.72. The first-order chi connectivity index (χ1) is 21.8. The van der Waals surface area contributed by atoms with Crippen molar-refractivity contribution in [2.75, 3.05) is 14.2 Å². The van der Waals surface area contributed by atoms with Crippen molar-refractivity contribution >= 4 is 36.4 Å². The summed E-state index contributed by atoms with van der Waals surface area (Å²) in [6.07, 6.45) is -0.942. The van der Waals surface area contributed by atoms with Crippen LogP contribution in [0.1, 0.15) is 47.0 Å². The van der Waals surface area contributed by atoms with Crippen LogP contribution in [0.25, 0.3) is 0 Å². The van der Waals surface area contributed by atoms with Gasteiger partial charge in [0.25, 0.3) is 0 Å². The van der Waals surface area contributed by atoms with E-state index in [1.165, 1.54) is 23.5 Å². The number of alkyl halides is 1. The average molecular weight is 701 g/mol. The highest BCUT2D eigenvalue weighted by Crippen LogP contribution is 2.37. The molecule has 0 bridgehead atoms. The molecule has 0 saturated carbocycles. The van der Waals surface area contributed by atoms with Crippen LogP contribution in [0.15, 0.2) is 140 Å². The van der Waals surface area contributed by atoms with E-state index in [-0.39, 0.29) is 12.3 Å². The summed E-state index contributed by atoms with van der Waals surface area (Å²) in [5.74, 6) is 0.371. The van der Waals surface area contributed by atoms with Gasteiger partial charge in [0.15, 0.2) is 0 Å². The molecule has 0 fully saturated rings. The molecule has 2 unspecified atom stereocenters. The lowest BCUT2D eigenvalue weighted by molar-refractivity contribution is -0.146. The third-order valence-corrected chi connectivity index (χ3v) is 9.01. The van der Waals surface area contributed by atoms with Gasteiger partial charge in [-0.3, -0.25) is 10.1 Å². The number of carbonyl (C=O) groups excluding carboxylic acids is 1. The van der Waals surface area contributed by atoms with Crippen molar-refractivity contribution in [3.8, 4) is 5.75 Å². The van der Waals surface area contributed by atoms with Crippen LogP contribution >= 0.6 is 25.2 Å². The van der Waals surface area contributed by atoms with E-state index in [0.717, 1.165) is 22.4 Å². The molecule has 0 aliphatic rings. The summed E-state index contributed by atoms with van der Waals surface area (Å²) in [5.41, 5.74) is 4.51. The second-order valence-corrected chi connectivity index (χ2v) is 12.1. The number of ether oxygens (including phenoxy) is 2. The Bertz CT molecular complexity index is 1500. The first-order valence-electron chi connectivity index (χ1n) is 14.6. The van der Waals surface area contributed by atoms with Gasteiger partial charge in [-0.05, 0) is 52.2 Å². The molecule has 5 rings (SSSR count). The number of hydrogen-bond donors (Lipinski definition) is 2. The van der Waals surface area contributed by atoms with E-state index in [1.54, 1.807) is 14.0 Å². The van der Waals surface area contributed by atoms with E-state index in [9.17, 15) is 9.90 Å². The fourth-order valence-corrected chi connectivity index (χ4v) is 5.98. The Morgan fingerprint density at radius 3 is 1.46 bits per heavy atom. The molecule has 7 heteroatoms. The molecule has 0 amide bonds. The molecule has 46 heavy (non-hydrogen) atoms. The molecule has 0 aliphatic heterocycles. The minimum atomic E-state index is -0.942. The van der Waals surface area contributed by atoms with Crippen molar-refractivity contribution < 1.29 is 19.4 Å². The van der Waals surface area contributed by atoms with Crippen LogP contribution in [0, 0.1) is 0 Å². The van der Waals surface area contributed by atoms with Gasteiger partial charge in [-0.2, -0.15) is 0 Å². The lowest BCUT2D eigenvalue weighted by Crippen LogP contribution is -2.56. The quantitative estimate of drug-likeness (QED) is 0.0674. The van der Waals surface area contributed by atoms with E-state index in [1.807, 2.05) is 103 Å². The second-order valence-electron chi connectivity index (χ2n) is 10.5. The molecule has 2 N–H and O–H groups in total. The summed E-state index contributed by atoms with van der Waals surface area (Å²) in [6, 6.07) is 45.4. The summed E-state index contributed by atoms with van der Waals surface area (Å²) < 4.78 is 10.1. The van der Waals surface area contributed by atoms with Gasteiger partial charge < -0.3 is 14.6 Å². The van der Waals surface area contributed by atoms with Crippen LogP contribution in [-0.4, -0.2) is 37.4 Å². The zero-order chi connectivity index (χ0) is 32.2. The molecule has 5 aromatic carbocycles. The van der Waals surface area contributed by atoms with Crippen molar-refractivity contribution in [3.63, 3.8) is 0 Å². The third-order valence-electron chi connectivity index (χ3n) is 7.57. The number of carbonyl (C=O) groups is 1. The maximum Gasteiger partial charge on any atom is 0.325 e. The Labute approximate surface area is 284 Å². The molecule has 0 heterocycles. The van der Waals surface area contributed by atoms with Gasteiger partial charge in [0, 0.05) is 0 Å². The largest absolute Gasteiger partial charge is 0.497 e. The van der Waals surface area contributed by atoms with E-state index in [2.05, 4.69) is 66.9 Å². The predicted octanol–water partition coefficient (Wildman–Crippen LogP) is 7.81. The number of esters is 1. The Morgan fingerprint density at radius 2 is 1.11 bits per heavy atom. The van der Waals surface area contributed by atoms with E-state index < -0.39 is 23.7 Å². The number of hydrogen-bond acceptors (Lipinski definition) is 5. The summed E-state index contributed by atoms with van der Waals surface area (Å²) in [6.45, 7) is 1.58. The maximum absolute atomic E-state index is 12.5. The van der Waals surface area contributed by atoms with Gasteiger partial charge in [0.1, 0.15) is 11.8 Å². The van der Waals surface area contributed by atoms with Gasteiger partial charge in [-0.15, -0.1) is 9.24 Å². The fourth-order valence-electron chi connectivity index (χ4n) is 5.18. The van der Waals surface area contributed by atoms with Crippen molar-refractivity contribution in [1.82, 2.24) is 5.32 Å². The monoisotopic (exact) mass is 699 g/mol. The molecule has 240 valence electrons. The lowest BCUT2D eigenvalue weighted by Gasteiger charge is -2.40. The zero-order valence-corrected chi connectivity index (χ0v) is 28.4. The number of halogens is 1. The molecule has 0 spiro atoms. The van der Waals surface area contributed by atoms with Gasteiger partial charge in [-0.25, -0.2) is 0 Å². The number of benzene rings is 5. The highest BCUT2D eigenvalue weighted by atomic mass is 79.9. The SMILES string of the molecule is C.COC(=O)[C@@H](NC(c1ccccc1)(c1ccccc1)c1ccccc1)[C@@H](C)O.COc1ccc(C(Br)c2ccc(P)cc2)cc1. The van der Waals surface area contributed by atoms with Crippen LogP contribution in [0.5, 0.6) is 5.75 Å². The van der Waals surface area contributed by atoms with Gasteiger partial charge in [0.05, 0.1) is 30.7 Å². The number of rotatable bonds is 10. The van der Waals surface area contributed by atoms with Crippen molar-refractivity contribution in [3.05, 3.63) is 167 Å². The maximum atomic E-state index is 12.5. The summed E-state index contributed by atoms with van der Waals surface area (Å²) in [4.78, 5) is 12.7. The molecule has 0 aliphatic carbocycles. The third kappa shape index (κ3) is 8.92. The Balaban J connectivity index is 0.000000274. The van der Waals surface area contributed by atoms with Gasteiger partial charge in [-0.1, -0.05) is 151 Å². The standard InChI is InChI=1S/C24H25NO3.C14H14BrOP.CH4/c1-18(26)22(23(27)28-2)25-24(19-12-6-3-7-13-19,20-14-8-4-9-15-20)21-16-10-5-11-17-21;1-16-12-6-2-10(3-7-12)14(15)11-4-8-13(17)9-5-11;/h3-18,22,25-26H,1-2H3;2-9,14H,17H2,1H3;1H4/t18-,22+;;/m1../s1. The minimum Gasteiger partial charge on any atom is -0.497 e. The second kappa shape index (κ2) is 17.8. The highest BCUT2D eigenvalue weighted by Gasteiger charge is 2.41. The van der Waals surface area contributed by atoms with Crippen LogP contribution < -0.4 is 15.4 Å². The summed E-state index contributed by atoms with van der Waals surface area (Å²) in [5, 5.41) is 15.0. The van der Waals surface area contributed by atoms with Crippen molar-refractivity contribution in [2.24, 2.45) is 0 Å². The topological polar surface area (TPSA) is 67.8 Å². The highest BCUT2D eigenvalue weighted by molar-refractivity contribution is 9.09. The normalized spacial score (nSPS) is 12.7. The zero-order valence-electron chi connectivity index (χ0n) is 25.6. The first-order valence-corrected chi connectivity index (χ1v) is 16.1. The number of aliphatic hydroxyl groups is 1. The van der Waals surface area contributed by atoms with E-state index >= 15 is 0 Å².